The number of nitrogens with one attached hydrogen (secondary N) is 1. The van der Waals surface area contributed by atoms with Crippen molar-refractivity contribution in [2.75, 3.05) is 17.7 Å². The second-order valence-corrected chi connectivity index (χ2v) is 9.33. The van der Waals surface area contributed by atoms with Crippen molar-refractivity contribution in [2.45, 2.75) is 37.2 Å². The summed E-state index contributed by atoms with van der Waals surface area (Å²) in [5, 5.41) is 3.70. The Morgan fingerprint density at radius 1 is 1.14 bits per heavy atom. The van der Waals surface area contributed by atoms with E-state index in [1.54, 1.807) is 36.4 Å². The summed E-state index contributed by atoms with van der Waals surface area (Å²) in [6, 6.07) is 10.5. The van der Waals surface area contributed by atoms with E-state index in [2.05, 4.69) is 5.32 Å². The van der Waals surface area contributed by atoms with Crippen LogP contribution in [0.4, 0.5) is 10.5 Å². The molecule has 0 saturated heterocycles. The number of cyclic esters (lactones) is 1. The van der Waals surface area contributed by atoms with E-state index in [0.29, 0.717) is 33.8 Å². The van der Waals surface area contributed by atoms with Gasteiger partial charge in [-0.15, -0.1) is 0 Å². The molecule has 28 heavy (non-hydrogen) atoms. The van der Waals surface area contributed by atoms with Crippen LogP contribution in [0.25, 0.3) is 0 Å². The van der Waals surface area contributed by atoms with Gasteiger partial charge in [-0.05, 0) is 63.1 Å². The molecule has 0 bridgehead atoms. The maximum atomic E-state index is 12.3. The van der Waals surface area contributed by atoms with Crippen LogP contribution in [0, 0.1) is 0 Å². The zero-order valence-electron chi connectivity index (χ0n) is 15.6. The fourth-order valence-corrected chi connectivity index (χ4v) is 4.40. The van der Waals surface area contributed by atoms with Crippen LogP contribution in [-0.2, 0) is 21.1 Å². The molecule has 2 aromatic rings. The first-order chi connectivity index (χ1) is 13.3. The lowest BCUT2D eigenvalue weighted by molar-refractivity contribution is 0.0418. The fourth-order valence-electron chi connectivity index (χ4n) is 2.91. The molecule has 0 aliphatic carbocycles. The second-order valence-electron chi connectivity index (χ2n) is 6.91. The number of anilines is 1. The van der Waals surface area contributed by atoms with Crippen molar-refractivity contribution in [3.63, 3.8) is 0 Å². The Hall–Kier alpha value is -1.76. The van der Waals surface area contributed by atoms with Crippen molar-refractivity contribution in [1.29, 1.82) is 0 Å². The van der Waals surface area contributed by atoms with Crippen LogP contribution in [0.1, 0.15) is 32.3 Å². The van der Waals surface area contributed by atoms with E-state index in [4.69, 9.17) is 32.7 Å². The Balaban J connectivity index is 1.53. The van der Waals surface area contributed by atoms with Gasteiger partial charge in [-0.25, -0.2) is 4.79 Å². The van der Waals surface area contributed by atoms with Crippen molar-refractivity contribution in [3.8, 4) is 5.75 Å². The lowest BCUT2D eigenvalue weighted by Gasteiger charge is -2.33. The monoisotopic (exact) mass is 441 g/mol. The van der Waals surface area contributed by atoms with E-state index in [-0.39, 0.29) is 0 Å². The summed E-state index contributed by atoms with van der Waals surface area (Å²) in [7, 11) is -1.06. The Labute approximate surface area is 176 Å². The number of unbranched alkanes of at least 4 members (excludes halogenated alkanes) is 1. The average molecular weight is 442 g/mol. The lowest BCUT2D eigenvalue weighted by atomic mass is 9.94. The van der Waals surface area contributed by atoms with Crippen LogP contribution in [0.2, 0.25) is 10.0 Å². The molecule has 1 heterocycles. The molecule has 3 rings (SSSR count). The standard InChI is InChI=1S/C20H21Cl2NO4S/c1-20(2)15-11-18(16(22)12-17(15)23-19(24)27-20)26-9-3-4-10-28(25)14-7-5-13(21)6-8-14/h5-8,11-12H,3-4,9-10H2,1-2H3,(H,23,24). The molecule has 2 aromatic carbocycles. The third-order valence-corrected chi connectivity index (χ3v) is 6.37. The second kappa shape index (κ2) is 8.72. The fraction of sp³-hybridized carbons (Fsp3) is 0.350. The summed E-state index contributed by atoms with van der Waals surface area (Å²) in [6.07, 6.45) is 0.988. The zero-order valence-corrected chi connectivity index (χ0v) is 17.9. The molecule has 1 N–H and O–H groups in total. The maximum absolute atomic E-state index is 12.3. The predicted octanol–water partition coefficient (Wildman–Crippen LogP) is 5.76. The van der Waals surface area contributed by atoms with Gasteiger partial charge in [-0.2, -0.15) is 0 Å². The van der Waals surface area contributed by atoms with Gasteiger partial charge in [0, 0.05) is 21.2 Å². The summed E-state index contributed by atoms with van der Waals surface area (Å²) < 4.78 is 23.4. The highest BCUT2D eigenvalue weighted by Gasteiger charge is 2.34. The van der Waals surface area contributed by atoms with Gasteiger partial charge in [0.15, 0.2) is 0 Å². The minimum atomic E-state index is -1.06. The van der Waals surface area contributed by atoms with Crippen LogP contribution in [0.5, 0.6) is 5.75 Å². The molecule has 0 aromatic heterocycles. The third-order valence-electron chi connectivity index (χ3n) is 4.36. The van der Waals surface area contributed by atoms with Gasteiger partial charge in [0.05, 0.1) is 28.1 Å². The number of hydrogen-bond acceptors (Lipinski definition) is 4. The lowest BCUT2D eigenvalue weighted by Crippen LogP contribution is -2.34. The molecule has 1 aliphatic heterocycles. The number of fused-ring (bicyclic) bond motifs is 1. The number of ether oxygens (including phenoxy) is 2. The van der Waals surface area contributed by atoms with Gasteiger partial charge in [0.2, 0.25) is 0 Å². The molecule has 0 radical (unpaired) electrons. The highest BCUT2D eigenvalue weighted by molar-refractivity contribution is 7.85. The topological polar surface area (TPSA) is 64.6 Å². The molecule has 1 amide bonds. The number of benzene rings is 2. The molecule has 1 unspecified atom stereocenters. The van der Waals surface area contributed by atoms with Gasteiger partial charge >= 0.3 is 6.09 Å². The number of carbonyl (C=O) groups excluding carboxylic acids is 1. The number of halogens is 2. The summed E-state index contributed by atoms with van der Waals surface area (Å²) in [4.78, 5) is 12.4. The van der Waals surface area contributed by atoms with E-state index >= 15 is 0 Å². The number of rotatable bonds is 7. The van der Waals surface area contributed by atoms with E-state index < -0.39 is 22.5 Å². The number of amides is 1. The predicted molar refractivity (Wildman–Crippen MR) is 112 cm³/mol. The van der Waals surface area contributed by atoms with Gasteiger partial charge in [-0.3, -0.25) is 9.53 Å². The molecular formula is C20H21Cl2NO4S. The Bertz CT molecular complexity index is 900. The summed E-state index contributed by atoms with van der Waals surface area (Å²) in [6.45, 7) is 4.08. The summed E-state index contributed by atoms with van der Waals surface area (Å²) >= 11 is 12.1. The first-order valence-corrected chi connectivity index (χ1v) is 10.9. The molecule has 5 nitrogen and oxygen atoms in total. The molecule has 0 fully saturated rings. The Morgan fingerprint density at radius 2 is 1.86 bits per heavy atom. The van der Waals surface area contributed by atoms with Crippen molar-refractivity contribution >= 4 is 45.8 Å². The molecule has 0 spiro atoms. The van der Waals surface area contributed by atoms with E-state index in [1.165, 1.54) is 0 Å². The quantitative estimate of drug-likeness (QED) is 0.554. The van der Waals surface area contributed by atoms with Crippen molar-refractivity contribution in [3.05, 3.63) is 52.0 Å². The van der Waals surface area contributed by atoms with E-state index in [0.717, 1.165) is 23.3 Å². The maximum Gasteiger partial charge on any atom is 0.412 e. The van der Waals surface area contributed by atoms with Crippen LogP contribution in [0.3, 0.4) is 0 Å². The Morgan fingerprint density at radius 3 is 2.57 bits per heavy atom. The van der Waals surface area contributed by atoms with Gasteiger partial charge < -0.3 is 9.47 Å². The highest BCUT2D eigenvalue weighted by Crippen LogP contribution is 2.41. The average Bonchev–Trinajstić information content (AvgIpc) is 2.61. The van der Waals surface area contributed by atoms with Crippen LogP contribution in [0.15, 0.2) is 41.3 Å². The highest BCUT2D eigenvalue weighted by atomic mass is 35.5. The molecule has 8 heteroatoms. The largest absolute Gasteiger partial charge is 0.492 e. The minimum absolute atomic E-state index is 0.418. The van der Waals surface area contributed by atoms with Crippen LogP contribution >= 0.6 is 23.2 Å². The Kier molecular flexibility index (Phi) is 6.53. The summed E-state index contributed by atoms with van der Waals surface area (Å²) in [5.74, 6) is 1.09. The van der Waals surface area contributed by atoms with Gasteiger partial charge in [-0.1, -0.05) is 23.2 Å². The van der Waals surface area contributed by atoms with E-state index in [1.807, 2.05) is 13.8 Å². The van der Waals surface area contributed by atoms with E-state index in [9.17, 15) is 9.00 Å². The van der Waals surface area contributed by atoms with Crippen molar-refractivity contribution in [1.82, 2.24) is 0 Å². The summed E-state index contributed by atoms with van der Waals surface area (Å²) in [5.41, 5.74) is 0.655. The number of carbonyl (C=O) groups is 1. The SMILES string of the molecule is CC1(C)OC(=O)Nc2cc(Cl)c(OCCCCS(=O)c3ccc(Cl)cc3)cc21. The molecule has 150 valence electrons. The first-order valence-electron chi connectivity index (χ1n) is 8.87. The number of hydrogen-bond donors (Lipinski definition) is 1. The molecule has 1 aliphatic rings. The smallest absolute Gasteiger partial charge is 0.412 e. The normalized spacial score (nSPS) is 15.9. The zero-order chi connectivity index (χ0) is 20.3. The van der Waals surface area contributed by atoms with Gasteiger partial charge in [0.1, 0.15) is 11.4 Å². The molecular weight excluding hydrogens is 421 g/mol. The van der Waals surface area contributed by atoms with Crippen LogP contribution < -0.4 is 10.1 Å². The minimum Gasteiger partial charge on any atom is -0.492 e. The molecule has 0 saturated carbocycles. The van der Waals surface area contributed by atoms with Crippen molar-refractivity contribution < 1.29 is 18.5 Å². The van der Waals surface area contributed by atoms with Gasteiger partial charge in [0.25, 0.3) is 0 Å². The third kappa shape index (κ3) is 4.99. The molecule has 1 atom stereocenters. The van der Waals surface area contributed by atoms with Crippen LogP contribution in [-0.4, -0.2) is 22.7 Å². The first kappa shape index (κ1) is 21.0. The van der Waals surface area contributed by atoms with Crippen molar-refractivity contribution in [2.24, 2.45) is 0 Å².